The van der Waals surface area contributed by atoms with Gasteiger partial charge in [0.05, 0.1) is 17.9 Å². The molecule has 0 atom stereocenters. The summed E-state index contributed by atoms with van der Waals surface area (Å²) in [5.41, 5.74) is 6.40. The minimum absolute atomic E-state index is 0.0494. The first-order chi connectivity index (χ1) is 10.6. The first-order valence-corrected chi connectivity index (χ1v) is 7.20. The molecule has 0 unspecified atom stereocenters. The number of benzene rings is 2. The average Bonchev–Trinajstić information content (AvgIpc) is 2.51. The van der Waals surface area contributed by atoms with Crippen LogP contribution < -0.4 is 15.8 Å². The van der Waals surface area contributed by atoms with Crippen molar-refractivity contribution in [3.05, 3.63) is 53.8 Å². The van der Waals surface area contributed by atoms with E-state index in [4.69, 9.17) is 10.5 Å². The van der Waals surface area contributed by atoms with Gasteiger partial charge in [0, 0.05) is 5.69 Å². The molecule has 116 valence electrons. The molecule has 5 heteroatoms. The molecule has 4 nitrogen and oxygen atoms in total. The van der Waals surface area contributed by atoms with Crippen LogP contribution in [0.4, 0.5) is 15.8 Å². The van der Waals surface area contributed by atoms with Crippen molar-refractivity contribution in [2.45, 2.75) is 19.8 Å². The maximum atomic E-state index is 13.7. The van der Waals surface area contributed by atoms with Crippen molar-refractivity contribution in [2.75, 3.05) is 17.7 Å². The molecule has 3 N–H and O–H groups in total. The molecule has 0 aliphatic heterocycles. The number of para-hydroxylation sites is 1. The predicted molar refractivity (Wildman–Crippen MR) is 85.6 cm³/mol. The van der Waals surface area contributed by atoms with E-state index in [9.17, 15) is 9.18 Å². The van der Waals surface area contributed by atoms with Gasteiger partial charge in [0.1, 0.15) is 11.6 Å². The Balaban J connectivity index is 2.17. The Hall–Kier alpha value is -2.56. The van der Waals surface area contributed by atoms with E-state index in [0.29, 0.717) is 23.6 Å². The van der Waals surface area contributed by atoms with Crippen molar-refractivity contribution in [3.63, 3.8) is 0 Å². The third-order valence-corrected chi connectivity index (χ3v) is 3.13. The Bertz CT molecular complexity index is 659. The highest BCUT2D eigenvalue weighted by Gasteiger charge is 2.14. The number of ether oxygens (including phenoxy) is 1. The van der Waals surface area contributed by atoms with E-state index in [-0.39, 0.29) is 5.69 Å². The van der Waals surface area contributed by atoms with Crippen LogP contribution in [0.3, 0.4) is 0 Å². The van der Waals surface area contributed by atoms with E-state index in [0.717, 1.165) is 12.8 Å². The number of carbonyl (C=O) groups is 1. The Morgan fingerprint density at radius 2 is 2.05 bits per heavy atom. The Kier molecular flexibility index (Phi) is 5.36. The van der Waals surface area contributed by atoms with Crippen molar-refractivity contribution < 1.29 is 13.9 Å². The largest absolute Gasteiger partial charge is 0.493 e. The van der Waals surface area contributed by atoms with Gasteiger partial charge in [0.15, 0.2) is 0 Å². The summed E-state index contributed by atoms with van der Waals surface area (Å²) in [6, 6.07) is 10.9. The highest BCUT2D eigenvalue weighted by Crippen LogP contribution is 2.22. The van der Waals surface area contributed by atoms with Gasteiger partial charge in [-0.2, -0.15) is 0 Å². The average molecular weight is 302 g/mol. The zero-order chi connectivity index (χ0) is 15.9. The number of hydrogen-bond acceptors (Lipinski definition) is 3. The Morgan fingerprint density at radius 1 is 1.27 bits per heavy atom. The van der Waals surface area contributed by atoms with Gasteiger partial charge in [0.25, 0.3) is 5.91 Å². The lowest BCUT2D eigenvalue weighted by atomic mass is 10.1. The van der Waals surface area contributed by atoms with Crippen LogP contribution in [0.5, 0.6) is 5.75 Å². The fraction of sp³-hybridized carbons (Fsp3) is 0.235. The zero-order valence-corrected chi connectivity index (χ0v) is 12.4. The second-order valence-corrected chi connectivity index (χ2v) is 4.89. The lowest BCUT2D eigenvalue weighted by molar-refractivity contribution is 0.102. The molecule has 0 heterocycles. The minimum atomic E-state index is -0.535. The lowest BCUT2D eigenvalue weighted by Gasteiger charge is -2.12. The van der Waals surface area contributed by atoms with Crippen molar-refractivity contribution >= 4 is 17.3 Å². The maximum Gasteiger partial charge on any atom is 0.259 e. The Labute approximate surface area is 129 Å². The van der Waals surface area contributed by atoms with Crippen molar-refractivity contribution in [1.82, 2.24) is 0 Å². The lowest BCUT2D eigenvalue weighted by Crippen LogP contribution is -2.15. The number of amides is 1. The van der Waals surface area contributed by atoms with E-state index in [2.05, 4.69) is 12.2 Å². The molecule has 22 heavy (non-hydrogen) atoms. The number of hydrogen-bond donors (Lipinski definition) is 2. The molecule has 2 aromatic rings. The molecule has 0 aliphatic carbocycles. The molecule has 0 saturated carbocycles. The second-order valence-electron chi connectivity index (χ2n) is 4.89. The standard InChI is InChI=1S/C17H19FN2O2/c1-2-3-10-22-16-7-5-4-6-13(16)17(21)20-15-11-12(19)8-9-14(15)18/h4-9,11H,2-3,10,19H2,1H3,(H,20,21). The van der Waals surface area contributed by atoms with E-state index in [1.165, 1.54) is 18.2 Å². The smallest absolute Gasteiger partial charge is 0.259 e. The molecule has 1 amide bonds. The van der Waals surface area contributed by atoms with Crippen molar-refractivity contribution in [3.8, 4) is 5.75 Å². The number of nitrogens with two attached hydrogens (primary N) is 1. The first-order valence-electron chi connectivity index (χ1n) is 7.20. The SMILES string of the molecule is CCCCOc1ccccc1C(=O)Nc1cc(N)ccc1F. The number of nitrogens with one attached hydrogen (secondary N) is 1. The van der Waals surface area contributed by atoms with Gasteiger partial charge in [-0.3, -0.25) is 4.79 Å². The summed E-state index contributed by atoms with van der Waals surface area (Å²) in [5, 5.41) is 2.52. The maximum absolute atomic E-state index is 13.7. The molecular formula is C17H19FN2O2. The number of halogens is 1. The van der Waals surface area contributed by atoms with Crippen LogP contribution in [0, 0.1) is 5.82 Å². The van der Waals surface area contributed by atoms with E-state index in [1.807, 2.05) is 0 Å². The van der Waals surface area contributed by atoms with Crippen LogP contribution in [-0.2, 0) is 0 Å². The zero-order valence-electron chi connectivity index (χ0n) is 12.4. The monoisotopic (exact) mass is 302 g/mol. The second kappa shape index (κ2) is 7.45. The highest BCUT2D eigenvalue weighted by atomic mass is 19.1. The summed E-state index contributed by atoms with van der Waals surface area (Å²) in [4.78, 5) is 12.3. The van der Waals surface area contributed by atoms with Gasteiger partial charge in [-0.15, -0.1) is 0 Å². The van der Waals surface area contributed by atoms with Crippen LogP contribution in [0.25, 0.3) is 0 Å². The molecule has 2 rings (SSSR count). The summed E-state index contributed by atoms with van der Waals surface area (Å²) in [5.74, 6) is -0.485. The van der Waals surface area contributed by atoms with Crippen LogP contribution in [0.2, 0.25) is 0 Å². The fourth-order valence-corrected chi connectivity index (χ4v) is 1.93. The van der Waals surface area contributed by atoms with E-state index < -0.39 is 11.7 Å². The van der Waals surface area contributed by atoms with Gasteiger partial charge >= 0.3 is 0 Å². The number of nitrogen functional groups attached to an aromatic ring is 1. The molecule has 0 fully saturated rings. The third-order valence-electron chi connectivity index (χ3n) is 3.13. The molecule has 0 spiro atoms. The normalized spacial score (nSPS) is 10.3. The number of rotatable bonds is 6. The van der Waals surface area contributed by atoms with Crippen molar-refractivity contribution in [1.29, 1.82) is 0 Å². The number of carbonyl (C=O) groups excluding carboxylic acids is 1. The summed E-state index contributed by atoms with van der Waals surface area (Å²) in [6.45, 7) is 2.60. The summed E-state index contributed by atoms with van der Waals surface area (Å²) in [6.07, 6.45) is 1.91. The van der Waals surface area contributed by atoms with Gasteiger partial charge in [-0.25, -0.2) is 4.39 Å². The predicted octanol–water partition coefficient (Wildman–Crippen LogP) is 3.84. The third kappa shape index (κ3) is 3.97. The molecule has 0 aromatic heterocycles. The Morgan fingerprint density at radius 3 is 2.82 bits per heavy atom. The summed E-state index contributed by atoms with van der Waals surface area (Å²) < 4.78 is 19.3. The van der Waals surface area contributed by atoms with Crippen molar-refractivity contribution in [2.24, 2.45) is 0 Å². The van der Waals surface area contributed by atoms with E-state index >= 15 is 0 Å². The van der Waals surface area contributed by atoms with Gasteiger partial charge < -0.3 is 15.8 Å². The van der Waals surface area contributed by atoms with Crippen LogP contribution in [-0.4, -0.2) is 12.5 Å². The molecule has 0 saturated heterocycles. The van der Waals surface area contributed by atoms with Gasteiger partial charge in [0.2, 0.25) is 0 Å². The molecule has 0 bridgehead atoms. The quantitative estimate of drug-likeness (QED) is 0.629. The molecule has 0 radical (unpaired) electrons. The molecule has 2 aromatic carbocycles. The van der Waals surface area contributed by atoms with Crippen LogP contribution in [0.15, 0.2) is 42.5 Å². The van der Waals surface area contributed by atoms with Gasteiger partial charge in [-0.1, -0.05) is 25.5 Å². The molecule has 0 aliphatic rings. The summed E-state index contributed by atoms with van der Waals surface area (Å²) >= 11 is 0. The first kappa shape index (κ1) is 15.8. The van der Waals surface area contributed by atoms with Crippen LogP contribution >= 0.6 is 0 Å². The topological polar surface area (TPSA) is 64.3 Å². The van der Waals surface area contributed by atoms with E-state index in [1.54, 1.807) is 24.3 Å². The fourth-order valence-electron chi connectivity index (χ4n) is 1.93. The number of unbranched alkanes of at least 4 members (excludes halogenated alkanes) is 1. The minimum Gasteiger partial charge on any atom is -0.493 e. The van der Waals surface area contributed by atoms with Crippen LogP contribution in [0.1, 0.15) is 30.1 Å². The number of anilines is 2. The van der Waals surface area contributed by atoms with Gasteiger partial charge in [-0.05, 0) is 36.8 Å². The molecular weight excluding hydrogens is 283 g/mol. The highest BCUT2D eigenvalue weighted by molar-refractivity contribution is 6.06. The summed E-state index contributed by atoms with van der Waals surface area (Å²) in [7, 11) is 0.